The van der Waals surface area contributed by atoms with Gasteiger partial charge in [-0.3, -0.25) is 4.79 Å². The summed E-state index contributed by atoms with van der Waals surface area (Å²) in [5.74, 6) is 0.112. The molecule has 0 spiro atoms. The summed E-state index contributed by atoms with van der Waals surface area (Å²) in [7, 11) is 3.10. The number of aromatic nitrogens is 1. The summed E-state index contributed by atoms with van der Waals surface area (Å²) in [6.07, 6.45) is 1.81. The topological polar surface area (TPSA) is 78.8 Å². The maximum atomic E-state index is 13.0. The highest BCUT2D eigenvalue weighted by Crippen LogP contribution is 2.38. The van der Waals surface area contributed by atoms with Crippen LogP contribution in [0.1, 0.15) is 29.9 Å². The van der Waals surface area contributed by atoms with Crippen LogP contribution in [0.2, 0.25) is 0 Å². The van der Waals surface area contributed by atoms with E-state index in [1.165, 1.54) is 0 Å². The molecule has 0 unspecified atom stereocenters. The van der Waals surface area contributed by atoms with Crippen molar-refractivity contribution in [1.82, 2.24) is 4.57 Å². The van der Waals surface area contributed by atoms with Gasteiger partial charge in [-0.15, -0.1) is 11.6 Å². The van der Waals surface area contributed by atoms with Crippen LogP contribution in [0.5, 0.6) is 11.5 Å². The molecule has 1 atom stereocenters. The number of alkyl halides is 1. The van der Waals surface area contributed by atoms with Gasteiger partial charge < -0.3 is 24.1 Å². The van der Waals surface area contributed by atoms with Crippen molar-refractivity contribution in [2.45, 2.75) is 25.8 Å². The first-order valence-electron chi connectivity index (χ1n) is 10.5. The van der Waals surface area contributed by atoms with Crippen molar-refractivity contribution < 1.29 is 23.8 Å². The van der Waals surface area contributed by atoms with Gasteiger partial charge in [-0.1, -0.05) is 36.4 Å². The Balaban J connectivity index is 2.22. The monoisotopic (exact) mass is 470 g/mol. The number of benzene rings is 2. The molecule has 3 rings (SSSR count). The Morgan fingerprint density at radius 1 is 1.06 bits per heavy atom. The van der Waals surface area contributed by atoms with Gasteiger partial charge >= 0.3 is 5.97 Å². The molecule has 0 bridgehead atoms. The average molecular weight is 471 g/mol. The Labute approximate surface area is 198 Å². The fourth-order valence-corrected chi connectivity index (χ4v) is 3.51. The van der Waals surface area contributed by atoms with Crippen LogP contribution < -0.4 is 14.8 Å². The second-order valence-corrected chi connectivity index (χ2v) is 7.93. The summed E-state index contributed by atoms with van der Waals surface area (Å²) in [4.78, 5) is 25.6. The third-order valence-electron chi connectivity index (χ3n) is 5.05. The number of carbonyl (C=O) groups excluding carboxylic acids is 2. The molecule has 0 aliphatic rings. The van der Waals surface area contributed by atoms with Gasteiger partial charge in [0.15, 0.2) is 17.2 Å². The molecule has 7 nitrogen and oxygen atoms in total. The van der Waals surface area contributed by atoms with Crippen molar-refractivity contribution in [3.63, 3.8) is 0 Å². The third-order valence-corrected chi connectivity index (χ3v) is 5.25. The Morgan fingerprint density at radius 3 is 2.36 bits per heavy atom. The average Bonchev–Trinajstić information content (AvgIpc) is 3.16. The van der Waals surface area contributed by atoms with Crippen molar-refractivity contribution in [3.8, 4) is 22.6 Å². The fraction of sp³-hybridized carbons (Fsp3) is 0.280. The van der Waals surface area contributed by atoms with Crippen LogP contribution in [0.25, 0.3) is 11.1 Å². The Kier molecular flexibility index (Phi) is 8.01. The second kappa shape index (κ2) is 10.9. The lowest BCUT2D eigenvalue weighted by Gasteiger charge is -2.13. The summed E-state index contributed by atoms with van der Waals surface area (Å²) in [5.41, 5.74) is 2.90. The molecule has 0 saturated heterocycles. The number of carbonyl (C=O) groups is 2. The van der Waals surface area contributed by atoms with Crippen LogP contribution in [-0.2, 0) is 16.1 Å². The lowest BCUT2D eigenvalue weighted by molar-refractivity contribution is -0.115. The molecule has 1 aromatic heterocycles. The predicted molar refractivity (Wildman–Crippen MR) is 128 cm³/mol. The van der Waals surface area contributed by atoms with Gasteiger partial charge in [0.25, 0.3) is 0 Å². The number of ether oxygens (including phenoxy) is 3. The molecule has 33 heavy (non-hydrogen) atoms. The minimum atomic E-state index is -0.796. The smallest absolute Gasteiger partial charge is 0.357 e. The van der Waals surface area contributed by atoms with Crippen molar-refractivity contribution >= 4 is 29.2 Å². The third kappa shape index (κ3) is 5.49. The molecule has 0 aliphatic heterocycles. The number of hydrogen-bond acceptors (Lipinski definition) is 5. The zero-order valence-electron chi connectivity index (χ0n) is 19.1. The van der Waals surface area contributed by atoms with E-state index in [-0.39, 0.29) is 12.3 Å². The van der Waals surface area contributed by atoms with E-state index in [9.17, 15) is 9.59 Å². The minimum Gasteiger partial charge on any atom is -0.493 e. The van der Waals surface area contributed by atoms with Crippen LogP contribution in [0, 0.1) is 0 Å². The van der Waals surface area contributed by atoms with E-state index >= 15 is 0 Å². The van der Waals surface area contributed by atoms with E-state index in [1.54, 1.807) is 44.8 Å². The number of nitrogens with one attached hydrogen (secondary N) is 1. The van der Waals surface area contributed by atoms with Crippen LogP contribution in [-0.4, -0.2) is 42.6 Å². The van der Waals surface area contributed by atoms with Gasteiger partial charge in [-0.25, -0.2) is 4.79 Å². The zero-order chi connectivity index (χ0) is 24.0. The molecule has 0 fully saturated rings. The van der Waals surface area contributed by atoms with E-state index < -0.39 is 17.3 Å². The van der Waals surface area contributed by atoms with E-state index in [0.717, 1.165) is 11.1 Å². The summed E-state index contributed by atoms with van der Waals surface area (Å²) in [6, 6.07) is 15.1. The van der Waals surface area contributed by atoms with E-state index in [1.807, 2.05) is 42.6 Å². The Hall–Kier alpha value is -3.45. The number of methoxy groups -OCH3 is 2. The maximum absolute atomic E-state index is 13.0. The van der Waals surface area contributed by atoms with Gasteiger partial charge in [0.2, 0.25) is 5.91 Å². The highest BCUT2D eigenvalue weighted by molar-refractivity contribution is 6.32. The van der Waals surface area contributed by atoms with Crippen molar-refractivity contribution in [2.75, 3.05) is 26.1 Å². The van der Waals surface area contributed by atoms with E-state index in [2.05, 4.69) is 5.32 Å². The fourth-order valence-electron chi connectivity index (χ4n) is 3.45. The molecule has 2 aromatic carbocycles. The number of anilines is 1. The Morgan fingerprint density at radius 2 is 1.76 bits per heavy atom. The van der Waals surface area contributed by atoms with Crippen molar-refractivity contribution in [2.24, 2.45) is 0 Å². The number of hydrogen-bond donors (Lipinski definition) is 1. The van der Waals surface area contributed by atoms with Crippen LogP contribution >= 0.6 is 11.6 Å². The summed E-state index contributed by atoms with van der Waals surface area (Å²) >= 11 is 6.02. The molecule has 3 aromatic rings. The van der Waals surface area contributed by atoms with Crippen LogP contribution in [0.15, 0.2) is 54.7 Å². The number of esters is 1. The second-order valence-electron chi connectivity index (χ2n) is 7.28. The standard InChI is InChI=1S/C25H27ClN2O5/c1-5-33-25(30)23-22(27-24(29)16(2)26)19(15-28(23)14-17-9-7-6-8-10-17)18-11-12-20(31-3)21(13-18)32-4/h6-13,15-16H,5,14H2,1-4H3,(H,27,29)/t16-/m1/s1. The minimum absolute atomic E-state index is 0.195. The quantitative estimate of drug-likeness (QED) is 0.353. The molecule has 0 radical (unpaired) electrons. The van der Waals surface area contributed by atoms with Crippen LogP contribution in [0.3, 0.4) is 0 Å². The normalized spacial score (nSPS) is 11.5. The number of halogens is 1. The van der Waals surface area contributed by atoms with E-state index in [4.69, 9.17) is 25.8 Å². The highest BCUT2D eigenvalue weighted by atomic mass is 35.5. The molecule has 1 amide bonds. The zero-order valence-corrected chi connectivity index (χ0v) is 19.8. The van der Waals surface area contributed by atoms with Gasteiger partial charge in [0.1, 0.15) is 5.38 Å². The highest BCUT2D eigenvalue weighted by Gasteiger charge is 2.27. The first-order chi connectivity index (χ1) is 15.9. The number of amides is 1. The summed E-state index contributed by atoms with van der Waals surface area (Å²) in [5, 5.41) is 2.03. The first kappa shape index (κ1) is 24.2. The van der Waals surface area contributed by atoms with Crippen molar-refractivity contribution in [3.05, 3.63) is 66.0 Å². The lowest BCUT2D eigenvalue weighted by Crippen LogP contribution is -2.23. The Bertz CT molecular complexity index is 1130. The molecule has 0 saturated carbocycles. The molecular formula is C25H27ClN2O5. The van der Waals surface area contributed by atoms with Gasteiger partial charge in [0.05, 0.1) is 26.5 Å². The molecule has 8 heteroatoms. The maximum Gasteiger partial charge on any atom is 0.357 e. The SMILES string of the molecule is CCOC(=O)c1c(NC(=O)[C@@H](C)Cl)c(-c2ccc(OC)c(OC)c2)cn1Cc1ccccc1. The van der Waals surface area contributed by atoms with E-state index in [0.29, 0.717) is 29.3 Å². The summed E-state index contributed by atoms with van der Waals surface area (Å²) in [6.45, 7) is 3.90. The molecular weight excluding hydrogens is 444 g/mol. The lowest BCUT2D eigenvalue weighted by atomic mass is 10.1. The molecule has 0 aliphatic carbocycles. The first-order valence-corrected chi connectivity index (χ1v) is 10.9. The van der Waals surface area contributed by atoms with Gasteiger partial charge in [-0.2, -0.15) is 0 Å². The van der Waals surface area contributed by atoms with Gasteiger partial charge in [-0.05, 0) is 37.1 Å². The summed E-state index contributed by atoms with van der Waals surface area (Å²) < 4.78 is 17.9. The molecule has 1 N–H and O–H groups in total. The number of rotatable bonds is 9. The van der Waals surface area contributed by atoms with Gasteiger partial charge in [0, 0.05) is 18.3 Å². The van der Waals surface area contributed by atoms with Crippen LogP contribution in [0.4, 0.5) is 5.69 Å². The number of nitrogens with zero attached hydrogens (tertiary/aromatic N) is 1. The molecule has 174 valence electrons. The van der Waals surface area contributed by atoms with Crippen molar-refractivity contribution in [1.29, 1.82) is 0 Å². The predicted octanol–water partition coefficient (Wildman–Crippen LogP) is 4.96. The largest absolute Gasteiger partial charge is 0.493 e. The molecule has 1 heterocycles.